The fraction of sp³-hybridized carbons (Fsp3) is 0.946. The number of aliphatic hydroxyl groups excluding tert-OH is 1. The molecule has 10 heteroatoms. The molecule has 0 aliphatic rings. The van der Waals surface area contributed by atoms with Crippen molar-refractivity contribution in [3.63, 3.8) is 0 Å². The number of rotatable bonds is 68. The van der Waals surface area contributed by atoms with Crippen molar-refractivity contribution in [1.82, 2.24) is 14.7 Å². The quantitative estimate of drug-likeness (QED) is 0.0473. The second kappa shape index (κ2) is 65.3. The molecule has 2 unspecified atom stereocenters. The van der Waals surface area contributed by atoms with Gasteiger partial charge in [-0.25, -0.2) is 0 Å². The predicted molar refractivity (Wildman–Crippen MR) is 360 cm³/mol. The summed E-state index contributed by atoms with van der Waals surface area (Å²) in [6, 6.07) is 0. The van der Waals surface area contributed by atoms with Gasteiger partial charge in [-0.2, -0.15) is 0 Å². The highest BCUT2D eigenvalue weighted by molar-refractivity contribution is 5.76. The standard InChI is InChI=1S/C74H145N3O7/c1-7-13-17-21-31-43-55-69(53-41-19-15-9-3)67-83-73(81)59-47-35-29-39-51-63-76(11-5)71(79)57-45-33-25-23-27-37-49-61-75(65-66-78)62-50-38-28-24-26-34-46-58-72(80)77(12-6)64-52-40-30-36-48-60-74(82)84-68-70(54-42-20-16-10-4)56-44-32-22-18-14-8-2/h69-70,78H,7-68H2,1-6H3. The molecule has 0 saturated heterocycles. The first-order chi connectivity index (χ1) is 41.2. The Morgan fingerprint density at radius 1 is 0.298 bits per heavy atom. The van der Waals surface area contributed by atoms with E-state index < -0.39 is 0 Å². The lowest BCUT2D eigenvalue weighted by atomic mass is 9.95. The van der Waals surface area contributed by atoms with Crippen LogP contribution in [0.4, 0.5) is 0 Å². The van der Waals surface area contributed by atoms with E-state index in [-0.39, 0.29) is 18.5 Å². The molecule has 84 heavy (non-hydrogen) atoms. The van der Waals surface area contributed by atoms with E-state index in [0.29, 0.717) is 62.5 Å². The third kappa shape index (κ3) is 55.1. The van der Waals surface area contributed by atoms with Gasteiger partial charge in [0.2, 0.25) is 11.8 Å². The number of hydrogen-bond donors (Lipinski definition) is 1. The van der Waals surface area contributed by atoms with Gasteiger partial charge in [-0.1, -0.05) is 259 Å². The fourth-order valence-corrected chi connectivity index (χ4v) is 12.2. The number of carbonyl (C=O) groups excluding carboxylic acids is 4. The van der Waals surface area contributed by atoms with Crippen molar-refractivity contribution >= 4 is 23.8 Å². The van der Waals surface area contributed by atoms with Crippen LogP contribution in [0.25, 0.3) is 0 Å². The lowest BCUT2D eigenvalue weighted by Crippen LogP contribution is -2.31. The number of nitrogens with zero attached hydrogens (tertiary/aromatic N) is 3. The van der Waals surface area contributed by atoms with Crippen molar-refractivity contribution in [3.05, 3.63) is 0 Å². The molecule has 0 aromatic carbocycles. The summed E-state index contributed by atoms with van der Waals surface area (Å²) in [5.74, 6) is 1.62. The van der Waals surface area contributed by atoms with E-state index in [1.165, 1.54) is 218 Å². The number of amides is 2. The molecule has 0 bridgehead atoms. The maximum absolute atomic E-state index is 13.0. The van der Waals surface area contributed by atoms with E-state index in [4.69, 9.17) is 9.47 Å². The number of unbranched alkanes of at least 4 members (excludes halogenated alkanes) is 36. The van der Waals surface area contributed by atoms with Crippen LogP contribution in [0.5, 0.6) is 0 Å². The minimum absolute atomic E-state index is 0.0180. The first-order valence-electron chi connectivity index (χ1n) is 37.4. The number of esters is 2. The first kappa shape index (κ1) is 81.8. The molecule has 0 aromatic rings. The van der Waals surface area contributed by atoms with Gasteiger partial charge < -0.3 is 29.3 Å². The van der Waals surface area contributed by atoms with Gasteiger partial charge in [0.1, 0.15) is 0 Å². The smallest absolute Gasteiger partial charge is 0.305 e. The van der Waals surface area contributed by atoms with Crippen LogP contribution in [0.15, 0.2) is 0 Å². The van der Waals surface area contributed by atoms with E-state index in [1.807, 2.05) is 9.80 Å². The normalized spacial score (nSPS) is 12.3. The molecule has 0 fully saturated rings. The molecule has 0 heterocycles. The molecular formula is C74H145N3O7. The maximum atomic E-state index is 13.0. The highest BCUT2D eigenvalue weighted by Crippen LogP contribution is 2.23. The minimum Gasteiger partial charge on any atom is -0.465 e. The Kier molecular flexibility index (Phi) is 63.5. The Hall–Kier alpha value is -2.20. The molecule has 2 atom stereocenters. The Labute approximate surface area is 522 Å². The summed E-state index contributed by atoms with van der Waals surface area (Å²) in [6.45, 7) is 20.8. The van der Waals surface area contributed by atoms with Gasteiger partial charge >= 0.3 is 11.9 Å². The SMILES string of the molecule is CCCCCCCCC(CCCCCC)COC(=O)CCCCCCCN(CC)C(=O)CCCCCCCCCN(CCO)CCCCCCCCCC(=O)N(CC)CCCCCCCC(=O)OCC(CCCCCC)CCCCCCCC. The Balaban J connectivity index is 3.99. The maximum Gasteiger partial charge on any atom is 0.305 e. The largest absolute Gasteiger partial charge is 0.465 e. The molecule has 498 valence electrons. The van der Waals surface area contributed by atoms with Gasteiger partial charge in [-0.3, -0.25) is 19.2 Å². The van der Waals surface area contributed by atoms with E-state index in [1.54, 1.807) is 0 Å². The Morgan fingerprint density at radius 2 is 0.548 bits per heavy atom. The van der Waals surface area contributed by atoms with Crippen molar-refractivity contribution in [2.75, 3.05) is 65.6 Å². The molecule has 0 radical (unpaired) electrons. The molecule has 0 aromatic heterocycles. The van der Waals surface area contributed by atoms with Gasteiger partial charge in [0, 0.05) is 58.4 Å². The zero-order chi connectivity index (χ0) is 61.5. The van der Waals surface area contributed by atoms with Gasteiger partial charge in [-0.15, -0.1) is 0 Å². The zero-order valence-electron chi connectivity index (χ0n) is 57.2. The lowest BCUT2D eigenvalue weighted by molar-refractivity contribution is -0.146. The van der Waals surface area contributed by atoms with Crippen molar-refractivity contribution in [2.24, 2.45) is 11.8 Å². The molecule has 0 spiro atoms. The van der Waals surface area contributed by atoms with Crippen molar-refractivity contribution in [2.45, 2.75) is 375 Å². The molecule has 1 N–H and O–H groups in total. The van der Waals surface area contributed by atoms with E-state index in [9.17, 15) is 24.3 Å². The van der Waals surface area contributed by atoms with Crippen LogP contribution in [0.1, 0.15) is 375 Å². The molecule has 0 rings (SSSR count). The molecule has 0 saturated carbocycles. The summed E-state index contributed by atoms with van der Waals surface area (Å²) in [6.07, 6.45) is 59.9. The van der Waals surface area contributed by atoms with Crippen molar-refractivity contribution in [1.29, 1.82) is 0 Å². The molecule has 0 aliphatic carbocycles. The molecule has 2 amide bonds. The molecule has 0 aliphatic heterocycles. The minimum atomic E-state index is -0.0180. The van der Waals surface area contributed by atoms with Crippen molar-refractivity contribution in [3.8, 4) is 0 Å². The summed E-state index contributed by atoms with van der Waals surface area (Å²) in [5, 5.41) is 9.70. The summed E-state index contributed by atoms with van der Waals surface area (Å²) >= 11 is 0. The van der Waals surface area contributed by atoms with Crippen LogP contribution < -0.4 is 0 Å². The summed E-state index contributed by atoms with van der Waals surface area (Å²) in [7, 11) is 0. The van der Waals surface area contributed by atoms with Gasteiger partial charge in [-0.05, 0) is 116 Å². The second-order valence-electron chi connectivity index (χ2n) is 25.9. The van der Waals surface area contributed by atoms with Crippen LogP contribution >= 0.6 is 0 Å². The first-order valence-corrected chi connectivity index (χ1v) is 37.4. The van der Waals surface area contributed by atoms with Crippen LogP contribution in [0.2, 0.25) is 0 Å². The molecular weight excluding hydrogens is 1040 g/mol. The van der Waals surface area contributed by atoms with Gasteiger partial charge in [0.25, 0.3) is 0 Å². The third-order valence-electron chi connectivity index (χ3n) is 18.1. The average molecular weight is 1190 g/mol. The number of ether oxygens (including phenoxy) is 2. The van der Waals surface area contributed by atoms with Gasteiger partial charge in [0.05, 0.1) is 19.8 Å². The second-order valence-corrected chi connectivity index (χ2v) is 25.9. The van der Waals surface area contributed by atoms with E-state index in [2.05, 4.69) is 46.4 Å². The number of hydrogen-bond acceptors (Lipinski definition) is 8. The summed E-state index contributed by atoms with van der Waals surface area (Å²) in [4.78, 5) is 57.7. The molecule has 10 nitrogen and oxygen atoms in total. The highest BCUT2D eigenvalue weighted by Gasteiger charge is 2.16. The van der Waals surface area contributed by atoms with E-state index >= 15 is 0 Å². The Bertz CT molecular complexity index is 1310. The van der Waals surface area contributed by atoms with Crippen molar-refractivity contribution < 1.29 is 33.8 Å². The predicted octanol–water partition coefficient (Wildman–Crippen LogP) is 20.7. The summed E-state index contributed by atoms with van der Waals surface area (Å²) in [5.41, 5.74) is 0. The fourth-order valence-electron chi connectivity index (χ4n) is 12.2. The topological polar surface area (TPSA) is 117 Å². The van der Waals surface area contributed by atoms with Crippen LogP contribution in [0, 0.1) is 11.8 Å². The average Bonchev–Trinajstić information content (AvgIpc) is 3.50. The third-order valence-corrected chi connectivity index (χ3v) is 18.1. The lowest BCUT2D eigenvalue weighted by Gasteiger charge is -2.21. The van der Waals surface area contributed by atoms with Crippen LogP contribution in [-0.2, 0) is 28.7 Å². The summed E-state index contributed by atoms with van der Waals surface area (Å²) < 4.78 is 11.6. The number of carbonyl (C=O) groups is 4. The highest BCUT2D eigenvalue weighted by atomic mass is 16.5. The zero-order valence-corrected chi connectivity index (χ0v) is 57.2. The van der Waals surface area contributed by atoms with Gasteiger partial charge in [0.15, 0.2) is 0 Å². The van der Waals surface area contributed by atoms with Crippen LogP contribution in [0.3, 0.4) is 0 Å². The number of aliphatic hydroxyl groups is 1. The van der Waals surface area contributed by atoms with E-state index in [0.717, 1.165) is 136 Å². The Morgan fingerprint density at radius 3 is 0.845 bits per heavy atom. The van der Waals surface area contributed by atoms with Crippen LogP contribution in [-0.4, -0.2) is 109 Å². The monoisotopic (exact) mass is 1190 g/mol.